The van der Waals surface area contributed by atoms with Crippen molar-refractivity contribution in [2.45, 2.75) is 32.2 Å². The fraction of sp³-hybridized carbons (Fsp3) is 0.917. The molecule has 1 aliphatic heterocycles. The quantitative estimate of drug-likeness (QED) is 0.744. The van der Waals surface area contributed by atoms with Crippen molar-refractivity contribution in [3.8, 4) is 0 Å². The predicted molar refractivity (Wildman–Crippen MR) is 66.4 cm³/mol. The Labute approximate surface area is 99.0 Å². The molecule has 1 unspecified atom stereocenters. The number of amides is 1. The smallest absolute Gasteiger partial charge is 0.236 e. The number of likely N-dealkylation sites (N-methyl/N-ethyl adjacent to an activating group) is 2. The highest BCUT2D eigenvalue weighted by atomic mass is 16.2. The van der Waals surface area contributed by atoms with Crippen molar-refractivity contribution in [3.05, 3.63) is 0 Å². The van der Waals surface area contributed by atoms with Gasteiger partial charge in [-0.25, -0.2) is 0 Å². The lowest BCUT2D eigenvalue weighted by atomic mass is 10.0. The molecular weight excluding hydrogens is 202 g/mol. The fourth-order valence-electron chi connectivity index (χ4n) is 2.03. The largest absolute Gasteiger partial charge is 0.348 e. The minimum absolute atomic E-state index is 0.192. The van der Waals surface area contributed by atoms with Gasteiger partial charge in [0, 0.05) is 26.7 Å². The summed E-state index contributed by atoms with van der Waals surface area (Å²) in [5.74, 6) is 0.192. The predicted octanol–water partition coefficient (Wildman–Crippen LogP) is 0.539. The molecule has 1 saturated heterocycles. The van der Waals surface area contributed by atoms with Crippen molar-refractivity contribution < 1.29 is 4.79 Å². The van der Waals surface area contributed by atoms with Crippen LogP contribution in [0.3, 0.4) is 0 Å². The van der Waals surface area contributed by atoms with Gasteiger partial charge in [-0.2, -0.15) is 0 Å². The summed E-state index contributed by atoms with van der Waals surface area (Å²) in [6.45, 7) is 5.73. The first kappa shape index (κ1) is 13.5. The molecule has 0 aromatic heterocycles. The molecule has 1 N–H and O–H groups in total. The summed E-state index contributed by atoms with van der Waals surface area (Å²) in [5, 5.41) is 3.52. The van der Waals surface area contributed by atoms with Gasteiger partial charge in [0.15, 0.2) is 0 Å². The number of carbonyl (C=O) groups is 1. The van der Waals surface area contributed by atoms with Gasteiger partial charge in [0.1, 0.15) is 0 Å². The van der Waals surface area contributed by atoms with E-state index in [-0.39, 0.29) is 5.91 Å². The number of nitrogens with zero attached hydrogens (tertiary/aromatic N) is 2. The van der Waals surface area contributed by atoms with Gasteiger partial charge in [-0.15, -0.1) is 0 Å². The molecule has 0 radical (unpaired) electrons. The molecule has 1 heterocycles. The van der Waals surface area contributed by atoms with Crippen molar-refractivity contribution in [1.82, 2.24) is 15.1 Å². The summed E-state index contributed by atoms with van der Waals surface area (Å²) >= 11 is 0. The summed E-state index contributed by atoms with van der Waals surface area (Å²) in [5.41, 5.74) is 0. The Morgan fingerprint density at radius 2 is 2.12 bits per heavy atom. The molecule has 0 aromatic rings. The van der Waals surface area contributed by atoms with Crippen molar-refractivity contribution in [2.24, 2.45) is 0 Å². The van der Waals surface area contributed by atoms with E-state index >= 15 is 0 Å². The van der Waals surface area contributed by atoms with Crippen LogP contribution in [-0.2, 0) is 4.79 Å². The van der Waals surface area contributed by atoms with Gasteiger partial charge >= 0.3 is 0 Å². The third-order valence-electron chi connectivity index (χ3n) is 3.20. The van der Waals surface area contributed by atoms with E-state index in [1.165, 1.54) is 19.3 Å². The number of hydrogen-bond acceptors (Lipinski definition) is 3. The normalized spacial score (nSPS) is 21.1. The number of hydrogen-bond donors (Lipinski definition) is 1. The van der Waals surface area contributed by atoms with E-state index < -0.39 is 0 Å². The zero-order valence-electron chi connectivity index (χ0n) is 10.8. The minimum atomic E-state index is 0.192. The molecule has 1 rings (SSSR count). The number of carbonyl (C=O) groups excluding carboxylic acids is 1. The van der Waals surface area contributed by atoms with E-state index in [0.717, 1.165) is 19.6 Å². The van der Waals surface area contributed by atoms with Crippen LogP contribution in [0, 0.1) is 0 Å². The standard InChI is InChI=1S/C12H25N3O/c1-4-15(10-12(16)14(2)3)9-11-7-5-6-8-13-11/h11,13H,4-10H2,1-3H3. The summed E-state index contributed by atoms with van der Waals surface area (Å²) in [4.78, 5) is 15.5. The summed E-state index contributed by atoms with van der Waals surface area (Å²) < 4.78 is 0. The Bertz CT molecular complexity index is 212. The van der Waals surface area contributed by atoms with Gasteiger partial charge in [0.05, 0.1) is 6.54 Å². The maximum atomic E-state index is 11.6. The Balaban J connectivity index is 2.32. The third kappa shape index (κ3) is 4.49. The van der Waals surface area contributed by atoms with Gasteiger partial charge in [-0.1, -0.05) is 13.3 Å². The molecule has 1 fully saturated rings. The summed E-state index contributed by atoms with van der Waals surface area (Å²) in [6.07, 6.45) is 3.85. The first-order valence-electron chi connectivity index (χ1n) is 6.29. The molecule has 1 amide bonds. The van der Waals surface area contributed by atoms with Crippen LogP contribution in [0.25, 0.3) is 0 Å². The topological polar surface area (TPSA) is 35.6 Å². The molecule has 16 heavy (non-hydrogen) atoms. The van der Waals surface area contributed by atoms with Crippen LogP contribution in [-0.4, -0.2) is 62.0 Å². The Morgan fingerprint density at radius 3 is 2.62 bits per heavy atom. The highest BCUT2D eigenvalue weighted by Gasteiger charge is 2.17. The molecule has 1 aliphatic rings. The second-order valence-electron chi connectivity index (χ2n) is 4.76. The highest BCUT2D eigenvalue weighted by Crippen LogP contribution is 2.08. The molecule has 0 spiro atoms. The SMILES string of the molecule is CCN(CC(=O)N(C)C)CC1CCCCN1. The fourth-order valence-corrected chi connectivity index (χ4v) is 2.03. The average Bonchev–Trinajstić information content (AvgIpc) is 2.29. The average molecular weight is 227 g/mol. The van der Waals surface area contributed by atoms with Gasteiger partial charge in [0.25, 0.3) is 0 Å². The second kappa shape index (κ2) is 6.86. The van der Waals surface area contributed by atoms with Gasteiger partial charge in [0.2, 0.25) is 5.91 Å². The number of piperidine rings is 1. The van der Waals surface area contributed by atoms with Crippen LogP contribution in [0.5, 0.6) is 0 Å². The minimum Gasteiger partial charge on any atom is -0.348 e. The van der Waals surface area contributed by atoms with Crippen LogP contribution in [0.1, 0.15) is 26.2 Å². The zero-order valence-corrected chi connectivity index (χ0v) is 10.8. The molecule has 1 atom stereocenters. The lowest BCUT2D eigenvalue weighted by molar-refractivity contribution is -0.129. The molecule has 0 aliphatic carbocycles. The molecule has 0 saturated carbocycles. The van der Waals surface area contributed by atoms with Crippen LogP contribution < -0.4 is 5.32 Å². The molecule has 94 valence electrons. The van der Waals surface area contributed by atoms with E-state index in [1.54, 1.807) is 4.90 Å². The molecule has 0 bridgehead atoms. The Kier molecular flexibility index (Phi) is 5.77. The van der Waals surface area contributed by atoms with Gasteiger partial charge < -0.3 is 10.2 Å². The lowest BCUT2D eigenvalue weighted by Gasteiger charge is -2.30. The van der Waals surface area contributed by atoms with E-state index in [9.17, 15) is 4.79 Å². The van der Waals surface area contributed by atoms with Crippen molar-refractivity contribution in [3.63, 3.8) is 0 Å². The van der Waals surface area contributed by atoms with Crippen LogP contribution in [0.15, 0.2) is 0 Å². The van der Waals surface area contributed by atoms with E-state index in [2.05, 4.69) is 17.1 Å². The molecular formula is C12H25N3O. The first-order valence-corrected chi connectivity index (χ1v) is 6.29. The first-order chi connectivity index (χ1) is 7.63. The van der Waals surface area contributed by atoms with E-state index in [4.69, 9.17) is 0 Å². The van der Waals surface area contributed by atoms with Crippen molar-refractivity contribution in [2.75, 3.05) is 40.3 Å². The zero-order chi connectivity index (χ0) is 12.0. The maximum absolute atomic E-state index is 11.6. The van der Waals surface area contributed by atoms with Gasteiger partial charge in [-0.05, 0) is 25.9 Å². The van der Waals surface area contributed by atoms with E-state index in [0.29, 0.717) is 12.6 Å². The monoisotopic (exact) mass is 227 g/mol. The lowest BCUT2D eigenvalue weighted by Crippen LogP contribution is -2.46. The molecule has 4 heteroatoms. The van der Waals surface area contributed by atoms with Crippen molar-refractivity contribution in [1.29, 1.82) is 0 Å². The van der Waals surface area contributed by atoms with Crippen LogP contribution in [0.2, 0.25) is 0 Å². The van der Waals surface area contributed by atoms with Crippen molar-refractivity contribution >= 4 is 5.91 Å². The number of rotatable bonds is 5. The second-order valence-corrected chi connectivity index (χ2v) is 4.76. The third-order valence-corrected chi connectivity index (χ3v) is 3.20. The Morgan fingerprint density at radius 1 is 1.38 bits per heavy atom. The van der Waals surface area contributed by atoms with E-state index in [1.807, 2.05) is 14.1 Å². The maximum Gasteiger partial charge on any atom is 0.236 e. The number of nitrogens with one attached hydrogen (secondary N) is 1. The van der Waals surface area contributed by atoms with Gasteiger partial charge in [-0.3, -0.25) is 9.69 Å². The summed E-state index contributed by atoms with van der Waals surface area (Å²) in [7, 11) is 3.63. The van der Waals surface area contributed by atoms with Crippen LogP contribution >= 0.6 is 0 Å². The van der Waals surface area contributed by atoms with Crippen LogP contribution in [0.4, 0.5) is 0 Å². The summed E-state index contributed by atoms with van der Waals surface area (Å²) in [6, 6.07) is 0.573. The molecule has 0 aromatic carbocycles. The molecule has 4 nitrogen and oxygen atoms in total. The Hall–Kier alpha value is -0.610. The highest BCUT2D eigenvalue weighted by molar-refractivity contribution is 5.77.